The highest BCUT2D eigenvalue weighted by molar-refractivity contribution is 5.83. The van der Waals surface area contributed by atoms with Crippen molar-refractivity contribution in [3.8, 4) is 5.75 Å². The van der Waals surface area contributed by atoms with Crippen LogP contribution in [0.1, 0.15) is 17.5 Å². The number of phenolic OH excluding ortho intramolecular Hbond substituents is 1. The molecule has 0 saturated heterocycles. The van der Waals surface area contributed by atoms with Crippen molar-refractivity contribution in [2.24, 2.45) is 12.1 Å². The zero-order valence-corrected chi connectivity index (χ0v) is 16.9. The molecule has 0 unspecified atom stereocenters. The standard InChI is InChI=1S/C22H22N6O3/c1-27-19-18(20(30)25-22(27)31)28(13-7-10-15-8-3-2-4-9-15)21(24-19)26-23-14-16-11-5-6-12-17(16)29/h2-6,8-9,11-12,14,29H,7,10,13H2,1H3,(H,24,26)(H,25,30,31). The fourth-order valence-corrected chi connectivity index (χ4v) is 3.38. The molecule has 4 rings (SSSR count). The first-order valence-corrected chi connectivity index (χ1v) is 9.85. The molecule has 0 aliphatic heterocycles. The summed E-state index contributed by atoms with van der Waals surface area (Å²) in [6.45, 7) is 0.501. The van der Waals surface area contributed by atoms with Crippen molar-refractivity contribution in [2.45, 2.75) is 19.4 Å². The van der Waals surface area contributed by atoms with E-state index in [0.29, 0.717) is 23.6 Å². The minimum atomic E-state index is -0.532. The van der Waals surface area contributed by atoms with Gasteiger partial charge in [-0.25, -0.2) is 10.2 Å². The second kappa shape index (κ2) is 8.70. The number of aromatic hydroxyl groups is 1. The predicted octanol–water partition coefficient (Wildman–Crippen LogP) is 2.21. The molecule has 2 aromatic heterocycles. The number of rotatable bonds is 7. The molecule has 0 atom stereocenters. The van der Waals surface area contributed by atoms with E-state index in [1.54, 1.807) is 35.9 Å². The van der Waals surface area contributed by atoms with E-state index in [-0.39, 0.29) is 11.4 Å². The maximum absolute atomic E-state index is 12.5. The molecule has 0 spiro atoms. The van der Waals surface area contributed by atoms with Crippen LogP contribution in [0.3, 0.4) is 0 Å². The summed E-state index contributed by atoms with van der Waals surface area (Å²) in [4.78, 5) is 31.3. The van der Waals surface area contributed by atoms with E-state index in [2.05, 4.69) is 32.6 Å². The number of aromatic amines is 1. The number of nitrogens with zero attached hydrogens (tertiary/aromatic N) is 4. The highest BCUT2D eigenvalue weighted by atomic mass is 16.3. The zero-order chi connectivity index (χ0) is 21.8. The number of nitrogens with one attached hydrogen (secondary N) is 2. The average Bonchev–Trinajstić information content (AvgIpc) is 3.13. The van der Waals surface area contributed by atoms with Gasteiger partial charge in [0.15, 0.2) is 11.2 Å². The molecule has 0 bridgehead atoms. The van der Waals surface area contributed by atoms with Crippen LogP contribution in [0.15, 0.2) is 69.3 Å². The second-order valence-electron chi connectivity index (χ2n) is 7.10. The van der Waals surface area contributed by atoms with Crippen molar-refractivity contribution in [1.29, 1.82) is 0 Å². The minimum Gasteiger partial charge on any atom is -0.507 e. The quantitative estimate of drug-likeness (QED) is 0.314. The van der Waals surface area contributed by atoms with Gasteiger partial charge >= 0.3 is 5.69 Å². The Hall–Kier alpha value is -4.14. The van der Waals surface area contributed by atoms with Gasteiger partial charge in [-0.05, 0) is 30.5 Å². The van der Waals surface area contributed by atoms with E-state index in [1.165, 1.54) is 16.3 Å². The summed E-state index contributed by atoms with van der Waals surface area (Å²) in [6.07, 6.45) is 3.05. The highest BCUT2D eigenvalue weighted by Crippen LogP contribution is 2.18. The van der Waals surface area contributed by atoms with Crippen LogP contribution in [-0.4, -0.2) is 30.4 Å². The third-order valence-electron chi connectivity index (χ3n) is 5.00. The number of hydrazone groups is 1. The summed E-state index contributed by atoms with van der Waals surface area (Å²) in [5.74, 6) is 0.435. The van der Waals surface area contributed by atoms with Gasteiger partial charge in [0.25, 0.3) is 5.56 Å². The molecular formula is C22H22N6O3. The molecule has 9 heteroatoms. The van der Waals surface area contributed by atoms with Crippen molar-refractivity contribution in [1.82, 2.24) is 19.1 Å². The Kier molecular flexibility index (Phi) is 5.65. The van der Waals surface area contributed by atoms with Crippen LogP contribution in [0, 0.1) is 0 Å². The smallest absolute Gasteiger partial charge is 0.329 e. The summed E-state index contributed by atoms with van der Waals surface area (Å²) >= 11 is 0. The molecule has 0 fully saturated rings. The lowest BCUT2D eigenvalue weighted by atomic mass is 10.1. The van der Waals surface area contributed by atoms with Gasteiger partial charge in [-0.15, -0.1) is 0 Å². The van der Waals surface area contributed by atoms with E-state index in [0.717, 1.165) is 12.8 Å². The Balaban J connectivity index is 1.66. The van der Waals surface area contributed by atoms with Crippen molar-refractivity contribution in [3.63, 3.8) is 0 Å². The first kappa shape index (κ1) is 20.1. The molecule has 0 aliphatic rings. The van der Waals surface area contributed by atoms with Crippen molar-refractivity contribution >= 4 is 23.3 Å². The summed E-state index contributed by atoms with van der Waals surface area (Å²) in [5, 5.41) is 14.0. The molecule has 31 heavy (non-hydrogen) atoms. The largest absolute Gasteiger partial charge is 0.507 e. The van der Waals surface area contributed by atoms with Gasteiger partial charge in [-0.2, -0.15) is 10.1 Å². The van der Waals surface area contributed by atoms with E-state index in [1.807, 2.05) is 18.2 Å². The number of hydrogen-bond donors (Lipinski definition) is 3. The molecule has 158 valence electrons. The van der Waals surface area contributed by atoms with Crippen molar-refractivity contribution < 1.29 is 5.11 Å². The Morgan fingerprint density at radius 1 is 1.13 bits per heavy atom. The lowest BCUT2D eigenvalue weighted by Gasteiger charge is -2.08. The lowest BCUT2D eigenvalue weighted by molar-refractivity contribution is 0.474. The first-order chi connectivity index (χ1) is 15.0. The number of aryl methyl sites for hydroxylation is 3. The number of anilines is 1. The third-order valence-corrected chi connectivity index (χ3v) is 5.00. The Morgan fingerprint density at radius 2 is 1.87 bits per heavy atom. The molecule has 4 aromatic rings. The van der Waals surface area contributed by atoms with Gasteiger partial charge in [-0.3, -0.25) is 14.3 Å². The van der Waals surface area contributed by atoms with Gasteiger partial charge in [0.1, 0.15) is 5.75 Å². The van der Waals surface area contributed by atoms with E-state index in [9.17, 15) is 14.7 Å². The number of phenols is 1. The molecule has 0 amide bonds. The lowest BCUT2D eigenvalue weighted by Crippen LogP contribution is -2.29. The number of hydrogen-bond acceptors (Lipinski definition) is 6. The van der Waals surface area contributed by atoms with Gasteiger partial charge in [0.2, 0.25) is 5.95 Å². The number of imidazole rings is 1. The van der Waals surface area contributed by atoms with Crippen molar-refractivity contribution in [2.75, 3.05) is 5.43 Å². The van der Waals surface area contributed by atoms with Crippen LogP contribution in [0.2, 0.25) is 0 Å². The Labute approximate surface area is 177 Å². The molecule has 9 nitrogen and oxygen atoms in total. The van der Waals surface area contributed by atoms with Crippen LogP contribution in [0.5, 0.6) is 5.75 Å². The van der Waals surface area contributed by atoms with E-state index < -0.39 is 11.2 Å². The monoisotopic (exact) mass is 418 g/mol. The van der Waals surface area contributed by atoms with Gasteiger partial charge in [0.05, 0.1) is 6.21 Å². The van der Waals surface area contributed by atoms with Gasteiger partial charge in [-0.1, -0.05) is 42.5 Å². The molecule has 3 N–H and O–H groups in total. The summed E-state index contributed by atoms with van der Waals surface area (Å²) in [6, 6.07) is 16.8. The average molecular weight is 418 g/mol. The fraction of sp³-hybridized carbons (Fsp3) is 0.182. The minimum absolute atomic E-state index is 0.100. The molecule has 0 aliphatic carbocycles. The van der Waals surface area contributed by atoms with Crippen LogP contribution in [0.25, 0.3) is 11.2 Å². The number of H-pyrrole nitrogens is 1. The normalized spacial score (nSPS) is 11.4. The zero-order valence-electron chi connectivity index (χ0n) is 16.9. The summed E-state index contributed by atoms with van der Waals surface area (Å²) in [7, 11) is 1.55. The molecule has 0 radical (unpaired) electrons. The topological polar surface area (TPSA) is 117 Å². The molecule has 2 heterocycles. The summed E-state index contributed by atoms with van der Waals surface area (Å²) < 4.78 is 3.01. The molecule has 2 aromatic carbocycles. The number of fused-ring (bicyclic) bond motifs is 1. The number of aromatic nitrogens is 4. The SMILES string of the molecule is Cn1c(=O)[nH]c(=O)c2c1nc(NN=Cc1ccccc1O)n2CCCc1ccccc1. The highest BCUT2D eigenvalue weighted by Gasteiger charge is 2.17. The van der Waals surface area contributed by atoms with Crippen LogP contribution >= 0.6 is 0 Å². The third kappa shape index (κ3) is 4.25. The van der Waals surface area contributed by atoms with Crippen LogP contribution < -0.4 is 16.7 Å². The fourth-order valence-electron chi connectivity index (χ4n) is 3.38. The van der Waals surface area contributed by atoms with Gasteiger partial charge in [0, 0.05) is 19.2 Å². The predicted molar refractivity (Wildman–Crippen MR) is 120 cm³/mol. The van der Waals surface area contributed by atoms with E-state index >= 15 is 0 Å². The maximum atomic E-state index is 12.5. The number of para-hydroxylation sites is 1. The van der Waals surface area contributed by atoms with Crippen LogP contribution in [-0.2, 0) is 20.0 Å². The summed E-state index contributed by atoms with van der Waals surface area (Å²) in [5.41, 5.74) is 4.12. The maximum Gasteiger partial charge on any atom is 0.329 e. The second-order valence-corrected chi connectivity index (χ2v) is 7.10. The van der Waals surface area contributed by atoms with Gasteiger partial charge < -0.3 is 9.67 Å². The van der Waals surface area contributed by atoms with E-state index in [4.69, 9.17) is 0 Å². The first-order valence-electron chi connectivity index (χ1n) is 9.85. The molecule has 0 saturated carbocycles. The Bertz CT molecular complexity index is 1350. The van der Waals surface area contributed by atoms with Crippen molar-refractivity contribution in [3.05, 3.63) is 86.6 Å². The number of benzene rings is 2. The van der Waals surface area contributed by atoms with Crippen LogP contribution in [0.4, 0.5) is 5.95 Å². The molecular weight excluding hydrogens is 396 g/mol. The Morgan fingerprint density at radius 3 is 2.65 bits per heavy atom.